The van der Waals surface area contributed by atoms with E-state index in [1.807, 2.05) is 31.2 Å². The fourth-order valence-electron chi connectivity index (χ4n) is 3.38. The highest BCUT2D eigenvalue weighted by Gasteiger charge is 2.16. The number of hydrogen-bond donors (Lipinski definition) is 2. The summed E-state index contributed by atoms with van der Waals surface area (Å²) in [6, 6.07) is 20.8. The second-order valence-electron chi connectivity index (χ2n) is 9.91. The smallest absolute Gasteiger partial charge is 0.412 e. The van der Waals surface area contributed by atoms with Crippen molar-refractivity contribution in [2.24, 2.45) is 0 Å². The third-order valence-corrected chi connectivity index (χ3v) is 6.70. The minimum atomic E-state index is -3.77. The predicted octanol–water partition coefficient (Wildman–Crippen LogP) is 5.73. The molecule has 1 amide bonds. The maximum atomic E-state index is 12.5. The van der Waals surface area contributed by atoms with Gasteiger partial charge in [-0.25, -0.2) is 4.79 Å². The van der Waals surface area contributed by atoms with Gasteiger partial charge in [-0.1, -0.05) is 48.0 Å². The average Bonchev–Trinajstić information content (AvgIpc) is 2.87. The second-order valence-corrected chi connectivity index (χ2v) is 11.5. The van der Waals surface area contributed by atoms with Gasteiger partial charge in [0.2, 0.25) is 0 Å². The molecule has 2 N–H and O–H groups in total. The molecule has 3 aromatic carbocycles. The number of carbonyl (C=O) groups is 2. The lowest BCUT2D eigenvalue weighted by Crippen LogP contribution is -2.27. The van der Waals surface area contributed by atoms with Gasteiger partial charge in [-0.15, -0.1) is 0 Å². The van der Waals surface area contributed by atoms with Gasteiger partial charge in [0.15, 0.2) is 5.78 Å². The number of ketones is 1. The zero-order valence-corrected chi connectivity index (χ0v) is 23.4. The largest absolute Gasteiger partial charge is 0.444 e. The molecule has 3 aromatic rings. The highest BCUT2D eigenvalue weighted by atomic mass is 32.2. The molecule has 0 saturated carbocycles. The van der Waals surface area contributed by atoms with Crippen LogP contribution in [-0.4, -0.2) is 39.0 Å². The Balaban J connectivity index is 1.42. The van der Waals surface area contributed by atoms with Crippen LogP contribution in [0, 0.1) is 6.92 Å². The Morgan fingerprint density at radius 2 is 1.54 bits per heavy atom. The Morgan fingerprint density at radius 3 is 2.15 bits per heavy atom. The molecule has 0 aliphatic carbocycles. The van der Waals surface area contributed by atoms with E-state index < -0.39 is 21.8 Å². The molecule has 0 aliphatic heterocycles. The third-order valence-electron chi connectivity index (χ3n) is 5.38. The number of amides is 1. The molecule has 0 radical (unpaired) electrons. The number of aryl methyl sites for hydroxylation is 1. The highest BCUT2D eigenvalue weighted by Crippen LogP contribution is 2.15. The number of carbonyl (C=O) groups excluding carboxylic acids is 2. The average molecular weight is 551 g/mol. The van der Waals surface area contributed by atoms with Gasteiger partial charge in [0.1, 0.15) is 5.60 Å². The lowest BCUT2D eigenvalue weighted by molar-refractivity contribution is 0.0635. The fourth-order valence-corrected chi connectivity index (χ4v) is 4.29. The molecule has 0 aliphatic rings. The molecule has 9 heteroatoms. The first kappa shape index (κ1) is 29.8. The molecule has 0 aromatic heterocycles. The van der Waals surface area contributed by atoms with Crippen LogP contribution >= 0.6 is 0 Å². The van der Waals surface area contributed by atoms with Crippen LogP contribution in [0.4, 0.5) is 10.5 Å². The van der Waals surface area contributed by atoms with Crippen molar-refractivity contribution in [1.29, 1.82) is 0 Å². The van der Waals surface area contributed by atoms with Crippen LogP contribution in [0.15, 0.2) is 83.8 Å². The van der Waals surface area contributed by atoms with Crippen molar-refractivity contribution in [2.45, 2.75) is 44.7 Å². The molecule has 8 nitrogen and oxygen atoms in total. The number of ether oxygens (including phenoxy) is 1. The summed E-state index contributed by atoms with van der Waals surface area (Å²) in [6.07, 6.45) is 2.67. The van der Waals surface area contributed by atoms with Crippen LogP contribution in [0.1, 0.15) is 47.8 Å². The van der Waals surface area contributed by atoms with Crippen LogP contribution in [0.25, 0.3) is 6.08 Å². The van der Waals surface area contributed by atoms with E-state index in [2.05, 4.69) is 10.6 Å². The van der Waals surface area contributed by atoms with Crippen molar-refractivity contribution in [1.82, 2.24) is 5.32 Å². The summed E-state index contributed by atoms with van der Waals surface area (Å²) in [6.45, 7) is 8.18. The topological polar surface area (TPSA) is 111 Å². The van der Waals surface area contributed by atoms with Crippen LogP contribution in [0.2, 0.25) is 0 Å². The molecular weight excluding hydrogens is 516 g/mol. The number of rotatable bonds is 11. The summed E-state index contributed by atoms with van der Waals surface area (Å²) in [4.78, 5) is 24.5. The van der Waals surface area contributed by atoms with Gasteiger partial charge in [0, 0.05) is 24.3 Å². The Labute approximate surface area is 230 Å². The van der Waals surface area contributed by atoms with Gasteiger partial charge in [-0.05, 0) is 81.3 Å². The van der Waals surface area contributed by atoms with E-state index in [0.717, 1.165) is 16.7 Å². The van der Waals surface area contributed by atoms with E-state index in [1.54, 1.807) is 63.2 Å². The first-order valence-electron chi connectivity index (χ1n) is 12.5. The van der Waals surface area contributed by atoms with E-state index in [0.29, 0.717) is 24.3 Å². The highest BCUT2D eigenvalue weighted by molar-refractivity contribution is 7.86. The summed E-state index contributed by atoms with van der Waals surface area (Å²) in [5.41, 5.74) is 3.28. The molecule has 0 atom stereocenters. The molecule has 0 unspecified atom stereocenters. The second kappa shape index (κ2) is 13.3. The third kappa shape index (κ3) is 10.1. The SMILES string of the molecule is Cc1ccc(S(=O)(=O)OCCNCc2ccc(/C=C/C(=O)c3ccc(NC(=O)OC(C)(C)C)cc3)cc2)cc1. The molecule has 0 spiro atoms. The normalized spacial score (nSPS) is 11.9. The molecule has 39 heavy (non-hydrogen) atoms. The lowest BCUT2D eigenvalue weighted by Gasteiger charge is -2.19. The quantitative estimate of drug-likeness (QED) is 0.136. The minimum Gasteiger partial charge on any atom is -0.444 e. The molecule has 0 heterocycles. The number of benzene rings is 3. The minimum absolute atomic E-state index is 0.0250. The van der Waals surface area contributed by atoms with E-state index in [9.17, 15) is 18.0 Å². The summed E-state index contributed by atoms with van der Waals surface area (Å²) >= 11 is 0. The first-order valence-corrected chi connectivity index (χ1v) is 13.9. The van der Waals surface area contributed by atoms with Gasteiger partial charge in [-0.3, -0.25) is 14.3 Å². The number of nitrogens with one attached hydrogen (secondary N) is 2. The molecular formula is C30H34N2O6S. The van der Waals surface area contributed by atoms with Crippen molar-refractivity contribution in [3.05, 3.63) is 101 Å². The molecule has 0 bridgehead atoms. The van der Waals surface area contributed by atoms with Gasteiger partial charge in [0.05, 0.1) is 11.5 Å². The van der Waals surface area contributed by atoms with Crippen molar-refractivity contribution in [3.63, 3.8) is 0 Å². The van der Waals surface area contributed by atoms with Crippen molar-refractivity contribution >= 4 is 33.8 Å². The molecule has 3 rings (SSSR count). The van der Waals surface area contributed by atoms with E-state index in [1.165, 1.54) is 18.2 Å². The maximum Gasteiger partial charge on any atom is 0.412 e. The molecule has 206 valence electrons. The predicted molar refractivity (Wildman–Crippen MR) is 152 cm³/mol. The maximum absolute atomic E-state index is 12.5. The Hall–Kier alpha value is -3.79. The van der Waals surface area contributed by atoms with E-state index >= 15 is 0 Å². The Bertz CT molecular complexity index is 1390. The first-order chi connectivity index (χ1) is 18.4. The molecule has 0 saturated heterocycles. The molecule has 0 fully saturated rings. The Morgan fingerprint density at radius 1 is 0.897 bits per heavy atom. The van der Waals surface area contributed by atoms with Gasteiger partial charge in [0.25, 0.3) is 10.1 Å². The monoisotopic (exact) mass is 550 g/mol. The van der Waals surface area contributed by atoms with Crippen molar-refractivity contribution in [2.75, 3.05) is 18.5 Å². The standard InChI is InChI=1S/C30H34N2O6S/c1-22-5-16-27(17-6-22)39(35,36)37-20-19-31-21-24-9-7-23(8-10-24)11-18-28(33)25-12-14-26(15-13-25)32-29(34)38-30(2,3)4/h5-18,31H,19-21H2,1-4H3,(H,32,34)/b18-11+. The van der Waals surface area contributed by atoms with Gasteiger partial charge in [-0.2, -0.15) is 8.42 Å². The van der Waals surface area contributed by atoms with Gasteiger partial charge < -0.3 is 10.1 Å². The summed E-state index contributed by atoms with van der Waals surface area (Å²) in [5, 5.41) is 5.79. The van der Waals surface area contributed by atoms with E-state index in [4.69, 9.17) is 8.92 Å². The van der Waals surface area contributed by atoms with Gasteiger partial charge >= 0.3 is 6.09 Å². The zero-order chi connectivity index (χ0) is 28.5. The number of hydrogen-bond acceptors (Lipinski definition) is 7. The summed E-state index contributed by atoms with van der Waals surface area (Å²) in [7, 11) is -3.77. The lowest BCUT2D eigenvalue weighted by atomic mass is 10.1. The van der Waals surface area contributed by atoms with Crippen LogP contribution in [0.5, 0.6) is 0 Å². The van der Waals surface area contributed by atoms with Crippen LogP contribution in [-0.2, 0) is 25.6 Å². The van der Waals surface area contributed by atoms with Crippen molar-refractivity contribution < 1.29 is 26.9 Å². The van der Waals surface area contributed by atoms with Crippen LogP contribution in [0.3, 0.4) is 0 Å². The summed E-state index contributed by atoms with van der Waals surface area (Å²) in [5.74, 6) is -0.162. The van der Waals surface area contributed by atoms with Crippen molar-refractivity contribution in [3.8, 4) is 0 Å². The summed E-state index contributed by atoms with van der Waals surface area (Å²) < 4.78 is 34.7. The van der Waals surface area contributed by atoms with Crippen LogP contribution < -0.4 is 10.6 Å². The zero-order valence-electron chi connectivity index (χ0n) is 22.6. The van der Waals surface area contributed by atoms with E-state index in [-0.39, 0.29) is 17.3 Å². The number of anilines is 1. The fraction of sp³-hybridized carbons (Fsp3) is 0.267. The number of allylic oxidation sites excluding steroid dienone is 1. The Kier molecular flexibility index (Phi) is 10.2.